The van der Waals surface area contributed by atoms with Gasteiger partial charge in [-0.2, -0.15) is 0 Å². The molecular formula is C16H25NO2. The first-order valence-electron chi connectivity index (χ1n) is 6.84. The molecule has 0 aliphatic carbocycles. The lowest BCUT2D eigenvalue weighted by atomic mass is 10.0. The molecule has 19 heavy (non-hydrogen) atoms. The number of nitrogens with zero attached hydrogens (tertiary/aromatic N) is 1. The van der Waals surface area contributed by atoms with Crippen molar-refractivity contribution in [3.63, 3.8) is 0 Å². The lowest BCUT2D eigenvalue weighted by molar-refractivity contribution is 0.283. The van der Waals surface area contributed by atoms with Gasteiger partial charge in [-0.15, -0.1) is 0 Å². The maximum Gasteiger partial charge on any atom is 0.0702 e. The lowest BCUT2D eigenvalue weighted by Gasteiger charge is -2.06. The summed E-state index contributed by atoms with van der Waals surface area (Å²) in [5.41, 5.74) is 3.54. The number of fused-ring (bicyclic) bond motifs is 1. The van der Waals surface area contributed by atoms with Gasteiger partial charge in [0.25, 0.3) is 0 Å². The second kappa shape index (κ2) is 7.31. The second-order valence-electron chi connectivity index (χ2n) is 5.08. The number of aliphatic hydroxyl groups is 2. The molecule has 0 unspecified atom stereocenters. The molecule has 2 aromatic rings. The monoisotopic (exact) mass is 263 g/mol. The minimum absolute atomic E-state index is 0.109. The van der Waals surface area contributed by atoms with Gasteiger partial charge in [0.05, 0.1) is 6.61 Å². The van der Waals surface area contributed by atoms with Gasteiger partial charge in [0.2, 0.25) is 0 Å². The van der Waals surface area contributed by atoms with E-state index in [0.29, 0.717) is 12.5 Å². The number of aliphatic hydroxyl groups excluding tert-OH is 2. The van der Waals surface area contributed by atoms with Crippen molar-refractivity contribution in [3.8, 4) is 0 Å². The molecule has 0 fully saturated rings. The number of aryl methyl sites for hydroxylation is 1. The molecule has 0 aliphatic rings. The summed E-state index contributed by atoms with van der Waals surface area (Å²) in [6.45, 7) is 6.74. The SMILES string of the molecule is CC(C)c1ccc2c(CO)cn(C)c2c1.CCCO. The summed E-state index contributed by atoms with van der Waals surface area (Å²) < 4.78 is 2.08. The van der Waals surface area contributed by atoms with Crippen LogP contribution in [0.1, 0.15) is 44.2 Å². The van der Waals surface area contributed by atoms with Crippen molar-refractivity contribution < 1.29 is 10.2 Å². The van der Waals surface area contributed by atoms with Crippen LogP contribution in [0.25, 0.3) is 10.9 Å². The van der Waals surface area contributed by atoms with Crippen LogP contribution in [0.5, 0.6) is 0 Å². The Morgan fingerprint density at radius 1 is 1.21 bits per heavy atom. The molecule has 1 aromatic carbocycles. The van der Waals surface area contributed by atoms with Crippen LogP contribution in [0.2, 0.25) is 0 Å². The molecule has 3 heteroatoms. The van der Waals surface area contributed by atoms with Gasteiger partial charge in [-0.25, -0.2) is 0 Å². The Kier molecular flexibility index (Phi) is 6.06. The van der Waals surface area contributed by atoms with Crippen LogP contribution in [0.3, 0.4) is 0 Å². The number of aromatic nitrogens is 1. The lowest BCUT2D eigenvalue weighted by Crippen LogP contribution is -1.89. The highest BCUT2D eigenvalue weighted by Crippen LogP contribution is 2.25. The Bertz CT molecular complexity index is 513. The third kappa shape index (κ3) is 3.82. The molecule has 0 saturated heterocycles. The van der Waals surface area contributed by atoms with E-state index in [4.69, 9.17) is 5.11 Å². The summed E-state index contributed by atoms with van der Waals surface area (Å²) in [5, 5.41) is 18.2. The van der Waals surface area contributed by atoms with Gasteiger partial charge in [-0.1, -0.05) is 32.9 Å². The first-order valence-corrected chi connectivity index (χ1v) is 6.84. The fourth-order valence-corrected chi connectivity index (χ4v) is 1.97. The smallest absolute Gasteiger partial charge is 0.0702 e. The zero-order chi connectivity index (χ0) is 14.4. The van der Waals surface area contributed by atoms with Crippen molar-refractivity contribution in [1.82, 2.24) is 4.57 Å². The van der Waals surface area contributed by atoms with Crippen molar-refractivity contribution in [3.05, 3.63) is 35.5 Å². The molecule has 1 heterocycles. The standard InChI is InChI=1S/C13H17NO.C3H8O/c1-9(2)10-4-5-12-11(8-15)7-14(3)13(12)6-10;1-2-3-4/h4-7,9,15H,8H2,1-3H3;4H,2-3H2,1H3. The average Bonchev–Trinajstić information content (AvgIpc) is 2.75. The topological polar surface area (TPSA) is 45.4 Å². The minimum atomic E-state index is 0.109. The van der Waals surface area contributed by atoms with Gasteiger partial charge in [-0.3, -0.25) is 0 Å². The molecular weight excluding hydrogens is 238 g/mol. The number of hydrogen-bond donors (Lipinski definition) is 2. The largest absolute Gasteiger partial charge is 0.396 e. The van der Waals surface area contributed by atoms with Gasteiger partial charge in [0.15, 0.2) is 0 Å². The van der Waals surface area contributed by atoms with E-state index in [0.717, 1.165) is 17.4 Å². The molecule has 0 bridgehead atoms. The first-order chi connectivity index (χ1) is 9.04. The Morgan fingerprint density at radius 2 is 1.84 bits per heavy atom. The fraction of sp³-hybridized carbons (Fsp3) is 0.500. The van der Waals surface area contributed by atoms with Crippen molar-refractivity contribution in [1.29, 1.82) is 0 Å². The summed E-state index contributed by atoms with van der Waals surface area (Å²) >= 11 is 0. The first kappa shape index (κ1) is 15.7. The van der Waals surface area contributed by atoms with Crippen LogP contribution in [-0.2, 0) is 13.7 Å². The molecule has 0 spiro atoms. The zero-order valence-electron chi connectivity index (χ0n) is 12.3. The summed E-state index contributed by atoms with van der Waals surface area (Å²) in [6, 6.07) is 6.46. The average molecular weight is 263 g/mol. The van der Waals surface area contributed by atoms with E-state index in [9.17, 15) is 5.11 Å². The molecule has 0 saturated carbocycles. The van der Waals surface area contributed by atoms with Gasteiger partial charge < -0.3 is 14.8 Å². The second-order valence-corrected chi connectivity index (χ2v) is 5.08. The maximum absolute atomic E-state index is 9.21. The van der Waals surface area contributed by atoms with Crippen molar-refractivity contribution in [2.75, 3.05) is 6.61 Å². The number of hydrogen-bond acceptors (Lipinski definition) is 2. The van der Waals surface area contributed by atoms with E-state index in [2.05, 4.69) is 36.6 Å². The van der Waals surface area contributed by atoms with Crippen molar-refractivity contribution in [2.24, 2.45) is 7.05 Å². The zero-order valence-corrected chi connectivity index (χ0v) is 12.3. The van der Waals surface area contributed by atoms with Crippen molar-refractivity contribution in [2.45, 2.75) is 39.7 Å². The Hall–Kier alpha value is -1.32. The molecule has 0 radical (unpaired) electrons. The highest BCUT2D eigenvalue weighted by Gasteiger charge is 2.07. The minimum Gasteiger partial charge on any atom is -0.396 e. The Morgan fingerprint density at radius 3 is 2.32 bits per heavy atom. The normalized spacial score (nSPS) is 10.7. The van der Waals surface area contributed by atoms with Crippen LogP contribution in [0, 0.1) is 0 Å². The third-order valence-electron chi connectivity index (χ3n) is 3.16. The number of rotatable bonds is 3. The van der Waals surface area contributed by atoms with Gasteiger partial charge in [0, 0.05) is 36.3 Å². The van der Waals surface area contributed by atoms with Gasteiger partial charge in [-0.05, 0) is 24.0 Å². The van der Waals surface area contributed by atoms with E-state index in [1.54, 1.807) is 0 Å². The molecule has 0 aliphatic heterocycles. The molecule has 0 atom stereocenters. The summed E-state index contributed by atoms with van der Waals surface area (Å²) in [5.74, 6) is 0.543. The van der Waals surface area contributed by atoms with Crippen molar-refractivity contribution >= 4 is 10.9 Å². The molecule has 2 rings (SSSR count). The third-order valence-corrected chi connectivity index (χ3v) is 3.16. The van der Waals surface area contributed by atoms with E-state index < -0.39 is 0 Å². The molecule has 2 N–H and O–H groups in total. The van der Waals surface area contributed by atoms with E-state index in [1.807, 2.05) is 20.2 Å². The van der Waals surface area contributed by atoms with E-state index >= 15 is 0 Å². The summed E-state index contributed by atoms with van der Waals surface area (Å²) in [4.78, 5) is 0. The van der Waals surface area contributed by atoms with E-state index in [-0.39, 0.29) is 6.61 Å². The Balaban J connectivity index is 0.000000399. The Labute approximate surface area is 115 Å². The molecule has 3 nitrogen and oxygen atoms in total. The van der Waals surface area contributed by atoms with Crippen LogP contribution in [0.15, 0.2) is 24.4 Å². The fourth-order valence-electron chi connectivity index (χ4n) is 1.97. The quantitative estimate of drug-likeness (QED) is 0.893. The summed E-state index contributed by atoms with van der Waals surface area (Å²) in [6.07, 6.45) is 2.87. The van der Waals surface area contributed by atoms with Crippen LogP contribution in [0.4, 0.5) is 0 Å². The molecule has 106 valence electrons. The van der Waals surface area contributed by atoms with E-state index in [1.165, 1.54) is 11.1 Å². The highest BCUT2D eigenvalue weighted by molar-refractivity contribution is 5.84. The summed E-state index contributed by atoms with van der Waals surface area (Å²) in [7, 11) is 2.02. The van der Waals surface area contributed by atoms with Gasteiger partial charge >= 0.3 is 0 Å². The highest BCUT2D eigenvalue weighted by atomic mass is 16.3. The van der Waals surface area contributed by atoms with Crippen LogP contribution in [-0.4, -0.2) is 21.4 Å². The van der Waals surface area contributed by atoms with Gasteiger partial charge in [0.1, 0.15) is 0 Å². The predicted octanol–water partition coefficient (Wildman–Crippen LogP) is 3.18. The molecule has 0 amide bonds. The molecule has 1 aromatic heterocycles. The number of benzene rings is 1. The van der Waals surface area contributed by atoms with Crippen LogP contribution < -0.4 is 0 Å². The maximum atomic E-state index is 9.21. The predicted molar refractivity (Wildman–Crippen MR) is 80.3 cm³/mol. The van der Waals surface area contributed by atoms with Crippen LogP contribution >= 0.6 is 0 Å².